The minimum absolute atomic E-state index is 0.132. The van der Waals surface area contributed by atoms with E-state index in [0.717, 1.165) is 12.8 Å². The Morgan fingerprint density at radius 3 is 2.09 bits per heavy atom. The summed E-state index contributed by atoms with van der Waals surface area (Å²) in [5.74, 6) is 0.638. The van der Waals surface area contributed by atoms with Gasteiger partial charge in [0.05, 0.1) is 0 Å². The summed E-state index contributed by atoms with van der Waals surface area (Å²) in [4.78, 5) is 0. The van der Waals surface area contributed by atoms with E-state index < -0.39 is 0 Å². The van der Waals surface area contributed by atoms with Gasteiger partial charge in [0.25, 0.3) is 0 Å². The first kappa shape index (κ1) is 10.9. The number of rotatable bonds is 4. The summed E-state index contributed by atoms with van der Waals surface area (Å²) >= 11 is 0. The van der Waals surface area contributed by atoms with E-state index in [2.05, 4.69) is 20.8 Å². The van der Waals surface area contributed by atoms with E-state index in [-0.39, 0.29) is 11.6 Å². The Morgan fingerprint density at radius 1 is 1.36 bits per heavy atom. The van der Waals surface area contributed by atoms with Crippen molar-refractivity contribution in [3.05, 3.63) is 0 Å². The van der Waals surface area contributed by atoms with Crippen LogP contribution in [0, 0.1) is 5.92 Å². The monoisotopic (exact) mass is 158 g/mol. The maximum Gasteiger partial charge on any atom is 0.0276 e. The average molecular weight is 158 g/mol. The topological polar surface area (TPSA) is 52.0 Å². The lowest BCUT2D eigenvalue weighted by Crippen LogP contribution is -2.52. The lowest BCUT2D eigenvalue weighted by Gasteiger charge is -2.31. The molecule has 2 nitrogen and oxygen atoms in total. The van der Waals surface area contributed by atoms with Crippen molar-refractivity contribution in [2.24, 2.45) is 17.4 Å². The van der Waals surface area contributed by atoms with Gasteiger partial charge in [-0.25, -0.2) is 0 Å². The lowest BCUT2D eigenvalue weighted by molar-refractivity contribution is 0.319. The third-order valence-corrected chi connectivity index (χ3v) is 2.33. The molecule has 0 aromatic carbocycles. The number of hydrogen-bond acceptors (Lipinski definition) is 2. The first-order chi connectivity index (χ1) is 4.90. The van der Waals surface area contributed by atoms with Crippen molar-refractivity contribution >= 4 is 0 Å². The van der Waals surface area contributed by atoms with Gasteiger partial charge in [-0.05, 0) is 25.7 Å². The Morgan fingerprint density at radius 2 is 1.82 bits per heavy atom. The third-order valence-electron chi connectivity index (χ3n) is 2.33. The van der Waals surface area contributed by atoms with Crippen LogP contribution in [0.15, 0.2) is 0 Å². The van der Waals surface area contributed by atoms with E-state index in [1.54, 1.807) is 0 Å². The van der Waals surface area contributed by atoms with Crippen molar-refractivity contribution in [3.8, 4) is 0 Å². The number of hydrogen-bond donors (Lipinski definition) is 2. The molecule has 0 aliphatic heterocycles. The zero-order chi connectivity index (χ0) is 9.07. The molecule has 0 radical (unpaired) electrons. The highest BCUT2D eigenvalue weighted by atomic mass is 14.8. The quantitative estimate of drug-likeness (QED) is 0.651. The van der Waals surface area contributed by atoms with Crippen molar-refractivity contribution in [1.82, 2.24) is 0 Å². The molecule has 0 amide bonds. The van der Waals surface area contributed by atoms with Gasteiger partial charge >= 0.3 is 0 Å². The van der Waals surface area contributed by atoms with E-state index in [1.807, 2.05) is 6.92 Å². The molecule has 11 heavy (non-hydrogen) atoms. The molecule has 0 aliphatic carbocycles. The third kappa shape index (κ3) is 3.73. The van der Waals surface area contributed by atoms with Crippen molar-refractivity contribution in [3.63, 3.8) is 0 Å². The predicted molar refractivity (Wildman–Crippen MR) is 50.3 cm³/mol. The SMILES string of the molecule is CCC(C)(N)C(N)CC(C)C. The summed E-state index contributed by atoms with van der Waals surface area (Å²) in [6.07, 6.45) is 1.96. The molecule has 0 heterocycles. The molecule has 0 aromatic rings. The second kappa shape index (κ2) is 4.07. The molecule has 68 valence electrons. The molecular formula is C9H22N2. The molecule has 0 spiro atoms. The summed E-state index contributed by atoms with van der Waals surface area (Å²) in [5, 5.41) is 0. The van der Waals surface area contributed by atoms with Gasteiger partial charge in [-0.2, -0.15) is 0 Å². The molecule has 4 N–H and O–H groups in total. The van der Waals surface area contributed by atoms with Crippen LogP contribution in [0.25, 0.3) is 0 Å². The van der Waals surface area contributed by atoms with E-state index in [9.17, 15) is 0 Å². The van der Waals surface area contributed by atoms with Crippen LogP contribution >= 0.6 is 0 Å². The van der Waals surface area contributed by atoms with Gasteiger partial charge in [0.1, 0.15) is 0 Å². The van der Waals surface area contributed by atoms with Crippen LogP contribution in [0.4, 0.5) is 0 Å². The minimum Gasteiger partial charge on any atom is -0.326 e. The summed E-state index contributed by atoms with van der Waals surface area (Å²) in [7, 11) is 0. The van der Waals surface area contributed by atoms with Crippen LogP contribution in [-0.2, 0) is 0 Å². The fraction of sp³-hybridized carbons (Fsp3) is 1.00. The van der Waals surface area contributed by atoms with Crippen LogP contribution in [0.2, 0.25) is 0 Å². The molecule has 0 fully saturated rings. The van der Waals surface area contributed by atoms with Crippen LogP contribution in [0.1, 0.15) is 40.5 Å². The van der Waals surface area contributed by atoms with Gasteiger partial charge in [-0.15, -0.1) is 0 Å². The van der Waals surface area contributed by atoms with Crippen LogP contribution < -0.4 is 11.5 Å². The van der Waals surface area contributed by atoms with E-state index in [4.69, 9.17) is 11.5 Å². The fourth-order valence-corrected chi connectivity index (χ4v) is 1.04. The Balaban J connectivity index is 3.90. The first-order valence-electron chi connectivity index (χ1n) is 4.44. The second-order valence-corrected chi connectivity index (χ2v) is 4.10. The van der Waals surface area contributed by atoms with Gasteiger partial charge in [-0.1, -0.05) is 20.8 Å². The highest BCUT2D eigenvalue weighted by Gasteiger charge is 2.24. The molecule has 2 heteroatoms. The summed E-state index contributed by atoms with van der Waals surface area (Å²) in [6.45, 7) is 8.46. The van der Waals surface area contributed by atoms with Gasteiger partial charge in [0, 0.05) is 11.6 Å². The predicted octanol–water partition coefficient (Wildman–Crippen LogP) is 1.49. The van der Waals surface area contributed by atoms with Gasteiger partial charge in [-0.3, -0.25) is 0 Å². The van der Waals surface area contributed by atoms with Gasteiger partial charge in [0.15, 0.2) is 0 Å². The zero-order valence-corrected chi connectivity index (χ0v) is 8.22. The molecule has 0 saturated heterocycles. The lowest BCUT2D eigenvalue weighted by atomic mass is 9.86. The maximum atomic E-state index is 5.98. The Labute approximate surface area is 70.3 Å². The molecule has 0 rings (SSSR count). The van der Waals surface area contributed by atoms with Crippen LogP contribution in [0.3, 0.4) is 0 Å². The summed E-state index contributed by atoms with van der Waals surface area (Å²) < 4.78 is 0. The fourth-order valence-electron chi connectivity index (χ4n) is 1.04. The Bertz CT molecular complexity index is 108. The van der Waals surface area contributed by atoms with Crippen molar-refractivity contribution in [2.75, 3.05) is 0 Å². The van der Waals surface area contributed by atoms with E-state index in [1.165, 1.54) is 0 Å². The highest BCUT2D eigenvalue weighted by Crippen LogP contribution is 2.15. The van der Waals surface area contributed by atoms with Crippen molar-refractivity contribution < 1.29 is 0 Å². The molecule has 0 bridgehead atoms. The van der Waals surface area contributed by atoms with E-state index >= 15 is 0 Å². The standard InChI is InChI=1S/C9H22N2/c1-5-9(4,11)8(10)6-7(2)3/h7-8H,5-6,10-11H2,1-4H3. The van der Waals surface area contributed by atoms with Gasteiger partial charge in [0.2, 0.25) is 0 Å². The summed E-state index contributed by atoms with van der Waals surface area (Å²) in [6, 6.07) is 0.132. The second-order valence-electron chi connectivity index (χ2n) is 4.10. The maximum absolute atomic E-state index is 5.98. The molecule has 0 aliphatic rings. The van der Waals surface area contributed by atoms with Crippen LogP contribution in [0.5, 0.6) is 0 Å². The molecule has 2 unspecified atom stereocenters. The smallest absolute Gasteiger partial charge is 0.0276 e. The first-order valence-corrected chi connectivity index (χ1v) is 4.44. The molecule has 0 aromatic heterocycles. The van der Waals surface area contributed by atoms with E-state index in [0.29, 0.717) is 5.92 Å². The largest absolute Gasteiger partial charge is 0.326 e. The Kier molecular flexibility index (Phi) is 4.04. The Hall–Kier alpha value is -0.0800. The van der Waals surface area contributed by atoms with Crippen LogP contribution in [-0.4, -0.2) is 11.6 Å². The zero-order valence-electron chi connectivity index (χ0n) is 8.22. The molecular weight excluding hydrogens is 136 g/mol. The van der Waals surface area contributed by atoms with Gasteiger partial charge < -0.3 is 11.5 Å². The average Bonchev–Trinajstić information content (AvgIpc) is 1.86. The molecule has 2 atom stereocenters. The van der Waals surface area contributed by atoms with Crippen molar-refractivity contribution in [2.45, 2.75) is 52.1 Å². The highest BCUT2D eigenvalue weighted by molar-refractivity contribution is 4.88. The minimum atomic E-state index is -0.190. The summed E-state index contributed by atoms with van der Waals surface area (Å²) in [5.41, 5.74) is 11.7. The normalized spacial score (nSPS) is 19.9. The molecule has 0 saturated carbocycles. The number of nitrogens with two attached hydrogens (primary N) is 2. The van der Waals surface area contributed by atoms with Crippen molar-refractivity contribution in [1.29, 1.82) is 0 Å².